The third kappa shape index (κ3) is 3.25. The van der Waals surface area contributed by atoms with Gasteiger partial charge in [0.05, 0.1) is 10.6 Å². The number of benzene rings is 1. The molecular formula is C14H16N2O3S2. The van der Waals surface area contributed by atoms with E-state index < -0.39 is 15.9 Å². The lowest BCUT2D eigenvalue weighted by molar-refractivity contribution is 0.100. The molecule has 21 heavy (non-hydrogen) atoms. The first kappa shape index (κ1) is 15.5. The number of rotatable bonds is 4. The summed E-state index contributed by atoms with van der Waals surface area (Å²) in [6.07, 6.45) is 0. The molecule has 1 heterocycles. The molecule has 2 aromatic rings. The Morgan fingerprint density at radius 3 is 2.38 bits per heavy atom. The van der Waals surface area contributed by atoms with Crippen LogP contribution in [0.5, 0.6) is 0 Å². The summed E-state index contributed by atoms with van der Waals surface area (Å²) in [4.78, 5) is 12.0. The van der Waals surface area contributed by atoms with E-state index in [0.29, 0.717) is 10.6 Å². The lowest BCUT2D eigenvalue weighted by Gasteiger charge is -2.10. The minimum Gasteiger partial charge on any atom is -0.365 e. The van der Waals surface area contributed by atoms with Gasteiger partial charge in [0.2, 0.25) is 0 Å². The van der Waals surface area contributed by atoms with E-state index in [1.165, 1.54) is 6.07 Å². The second kappa shape index (κ2) is 5.50. The number of hydrogen-bond donors (Lipinski definition) is 2. The zero-order valence-corrected chi connectivity index (χ0v) is 13.6. The van der Waals surface area contributed by atoms with Gasteiger partial charge in [0, 0.05) is 4.88 Å². The summed E-state index contributed by atoms with van der Waals surface area (Å²) >= 11 is 1.07. The van der Waals surface area contributed by atoms with Crippen LogP contribution >= 0.6 is 11.3 Å². The molecule has 0 saturated heterocycles. The summed E-state index contributed by atoms with van der Waals surface area (Å²) in [5.74, 6) is -0.629. The van der Waals surface area contributed by atoms with Crippen molar-refractivity contribution < 1.29 is 13.2 Å². The number of hydrogen-bond acceptors (Lipinski definition) is 4. The first-order valence-electron chi connectivity index (χ1n) is 6.21. The summed E-state index contributed by atoms with van der Waals surface area (Å²) in [6.45, 7) is 5.42. The lowest BCUT2D eigenvalue weighted by Crippen LogP contribution is -2.14. The van der Waals surface area contributed by atoms with Crippen LogP contribution in [0, 0.1) is 20.8 Å². The number of nitrogens with two attached hydrogens (primary N) is 1. The van der Waals surface area contributed by atoms with Crippen molar-refractivity contribution in [1.82, 2.24) is 0 Å². The van der Waals surface area contributed by atoms with Crippen LogP contribution in [0.1, 0.15) is 25.7 Å². The molecule has 0 bridgehead atoms. The van der Waals surface area contributed by atoms with Gasteiger partial charge in [0.25, 0.3) is 15.9 Å². The van der Waals surface area contributed by atoms with Crippen molar-refractivity contribution in [2.75, 3.05) is 4.72 Å². The molecule has 1 amide bonds. The highest BCUT2D eigenvalue weighted by molar-refractivity contribution is 7.93. The van der Waals surface area contributed by atoms with Crippen LogP contribution in [0.3, 0.4) is 0 Å². The third-order valence-corrected chi connectivity index (χ3v) is 5.72. The summed E-state index contributed by atoms with van der Waals surface area (Å²) in [7, 11) is -3.74. The molecule has 0 spiro atoms. The highest BCUT2D eigenvalue weighted by Crippen LogP contribution is 2.28. The number of amides is 1. The molecule has 0 fully saturated rings. The number of carbonyl (C=O) groups excluding carboxylic acids is 1. The van der Waals surface area contributed by atoms with Crippen molar-refractivity contribution >= 4 is 33.0 Å². The Balaban J connectivity index is 2.41. The van der Waals surface area contributed by atoms with Gasteiger partial charge < -0.3 is 5.73 Å². The van der Waals surface area contributed by atoms with E-state index in [2.05, 4.69) is 4.72 Å². The first-order valence-corrected chi connectivity index (χ1v) is 8.51. The van der Waals surface area contributed by atoms with Crippen LogP contribution in [-0.2, 0) is 10.0 Å². The zero-order chi connectivity index (χ0) is 15.8. The number of anilines is 1. The fraction of sp³-hybridized carbons (Fsp3) is 0.214. The zero-order valence-electron chi connectivity index (χ0n) is 11.9. The second-order valence-electron chi connectivity index (χ2n) is 4.82. The van der Waals surface area contributed by atoms with Crippen LogP contribution in [0.25, 0.3) is 0 Å². The van der Waals surface area contributed by atoms with Gasteiger partial charge >= 0.3 is 0 Å². The Kier molecular flexibility index (Phi) is 4.06. The van der Waals surface area contributed by atoms with E-state index >= 15 is 0 Å². The predicted octanol–water partition coefficient (Wildman–Crippen LogP) is 2.57. The molecule has 3 N–H and O–H groups in total. The molecule has 2 rings (SSSR count). The van der Waals surface area contributed by atoms with E-state index in [0.717, 1.165) is 22.5 Å². The van der Waals surface area contributed by atoms with E-state index in [1.54, 1.807) is 13.0 Å². The van der Waals surface area contributed by atoms with Gasteiger partial charge in [0.15, 0.2) is 0 Å². The minimum absolute atomic E-state index is 0.0845. The van der Waals surface area contributed by atoms with Crippen molar-refractivity contribution in [1.29, 1.82) is 0 Å². The van der Waals surface area contributed by atoms with Crippen LogP contribution < -0.4 is 10.5 Å². The van der Waals surface area contributed by atoms with Gasteiger partial charge in [0.1, 0.15) is 4.90 Å². The summed E-state index contributed by atoms with van der Waals surface area (Å²) < 4.78 is 27.4. The van der Waals surface area contributed by atoms with Crippen molar-refractivity contribution in [2.24, 2.45) is 5.73 Å². The Morgan fingerprint density at radius 2 is 1.86 bits per heavy atom. The molecule has 0 aliphatic rings. The van der Waals surface area contributed by atoms with Crippen LogP contribution in [-0.4, -0.2) is 14.3 Å². The second-order valence-corrected chi connectivity index (χ2v) is 7.73. The highest BCUT2D eigenvalue weighted by atomic mass is 32.2. The minimum atomic E-state index is -3.74. The van der Waals surface area contributed by atoms with Gasteiger partial charge in [-0.25, -0.2) is 8.42 Å². The van der Waals surface area contributed by atoms with Gasteiger partial charge in [-0.2, -0.15) is 0 Å². The van der Waals surface area contributed by atoms with Crippen molar-refractivity contribution in [3.8, 4) is 0 Å². The maximum atomic E-state index is 12.4. The van der Waals surface area contributed by atoms with E-state index in [4.69, 9.17) is 5.73 Å². The fourth-order valence-electron chi connectivity index (χ4n) is 1.98. The predicted molar refractivity (Wildman–Crippen MR) is 84.3 cm³/mol. The summed E-state index contributed by atoms with van der Waals surface area (Å²) in [5, 5.41) is 0. The molecule has 7 heteroatoms. The quantitative estimate of drug-likeness (QED) is 0.906. The van der Waals surface area contributed by atoms with Crippen molar-refractivity contribution in [3.05, 3.63) is 45.1 Å². The van der Waals surface area contributed by atoms with Crippen molar-refractivity contribution in [3.63, 3.8) is 0 Å². The van der Waals surface area contributed by atoms with Crippen molar-refractivity contribution in [2.45, 2.75) is 25.7 Å². The number of thiophene rings is 1. The van der Waals surface area contributed by atoms with E-state index in [-0.39, 0.29) is 9.77 Å². The largest absolute Gasteiger partial charge is 0.365 e. The van der Waals surface area contributed by atoms with Crippen LogP contribution in [0.4, 0.5) is 5.69 Å². The third-order valence-electron chi connectivity index (χ3n) is 3.03. The highest BCUT2D eigenvalue weighted by Gasteiger charge is 2.22. The SMILES string of the molecule is Cc1ccc(NS(=O)(=O)c2cc(C(N)=O)sc2C)c(C)c1. The standard InChI is InChI=1S/C14H16N2O3S2/c1-8-4-5-11(9(2)6-8)16-21(18,19)13-7-12(14(15)17)20-10(13)3/h4-7,16H,1-3H3,(H2,15,17). The maximum absolute atomic E-state index is 12.4. The molecular weight excluding hydrogens is 308 g/mol. The first-order chi connectivity index (χ1) is 9.70. The Bertz CT molecular complexity index is 808. The molecule has 0 atom stereocenters. The van der Waals surface area contributed by atoms with Gasteiger partial charge in [-0.05, 0) is 38.5 Å². The molecule has 1 aromatic heterocycles. The summed E-state index contributed by atoms with van der Waals surface area (Å²) in [5.41, 5.74) is 7.60. The van der Waals surface area contributed by atoms with Gasteiger partial charge in [-0.1, -0.05) is 17.7 Å². The number of aryl methyl sites for hydroxylation is 3. The Morgan fingerprint density at radius 1 is 1.19 bits per heavy atom. The smallest absolute Gasteiger partial charge is 0.263 e. The topological polar surface area (TPSA) is 89.3 Å². The molecule has 0 aliphatic heterocycles. The van der Waals surface area contributed by atoms with Gasteiger partial charge in [-0.15, -0.1) is 11.3 Å². The molecule has 112 valence electrons. The van der Waals surface area contributed by atoms with E-state index in [9.17, 15) is 13.2 Å². The number of carbonyl (C=O) groups is 1. The van der Waals surface area contributed by atoms with Crippen LogP contribution in [0.2, 0.25) is 0 Å². The molecule has 5 nitrogen and oxygen atoms in total. The average molecular weight is 324 g/mol. The molecule has 0 aliphatic carbocycles. The molecule has 0 saturated carbocycles. The summed E-state index contributed by atoms with van der Waals surface area (Å²) in [6, 6.07) is 6.76. The number of sulfonamides is 1. The Labute approximate surface area is 127 Å². The normalized spacial score (nSPS) is 11.4. The van der Waals surface area contributed by atoms with E-state index in [1.807, 2.05) is 26.0 Å². The Hall–Kier alpha value is -1.86. The average Bonchev–Trinajstić information content (AvgIpc) is 2.76. The molecule has 0 unspecified atom stereocenters. The monoisotopic (exact) mass is 324 g/mol. The molecule has 1 aromatic carbocycles. The maximum Gasteiger partial charge on any atom is 0.263 e. The number of nitrogens with one attached hydrogen (secondary N) is 1. The molecule has 0 radical (unpaired) electrons. The van der Waals surface area contributed by atoms with Crippen LogP contribution in [0.15, 0.2) is 29.2 Å². The lowest BCUT2D eigenvalue weighted by atomic mass is 10.1. The fourth-order valence-corrected chi connectivity index (χ4v) is 4.56. The number of primary amides is 1. The van der Waals surface area contributed by atoms with Gasteiger partial charge in [-0.3, -0.25) is 9.52 Å².